The van der Waals surface area contributed by atoms with Gasteiger partial charge >= 0.3 is 0 Å². The van der Waals surface area contributed by atoms with Crippen LogP contribution in [0.1, 0.15) is 26.2 Å². The smallest absolute Gasteiger partial charge is 0.120 e. The average molecular weight is 260 g/mol. The number of aromatic nitrogens is 1. The highest BCUT2D eigenvalue weighted by molar-refractivity contribution is 5.81. The van der Waals surface area contributed by atoms with Gasteiger partial charge in [-0.1, -0.05) is 6.92 Å². The molecule has 1 aromatic heterocycles. The molecule has 0 bridgehead atoms. The van der Waals surface area contributed by atoms with E-state index in [2.05, 4.69) is 47.3 Å². The molecule has 3 nitrogen and oxygen atoms in total. The number of hydrogen-bond donors (Lipinski definition) is 1. The van der Waals surface area contributed by atoms with Crippen molar-refractivity contribution in [2.24, 2.45) is 0 Å². The molecule has 2 aromatic rings. The third kappa shape index (κ3) is 3.74. The second-order valence-electron chi connectivity index (χ2n) is 4.89. The molecular weight excluding hydrogens is 236 g/mol. The van der Waals surface area contributed by atoms with Gasteiger partial charge in [0.15, 0.2) is 0 Å². The fraction of sp³-hybridized carbons (Fsp3) is 0.500. The van der Waals surface area contributed by atoms with Crippen molar-refractivity contribution in [2.45, 2.75) is 32.7 Å². The minimum Gasteiger partial charge on any atom is -0.494 e. The van der Waals surface area contributed by atoms with E-state index >= 15 is 0 Å². The van der Waals surface area contributed by atoms with Crippen LogP contribution in [0, 0.1) is 0 Å². The van der Waals surface area contributed by atoms with E-state index in [-0.39, 0.29) is 0 Å². The van der Waals surface area contributed by atoms with Crippen LogP contribution in [0.4, 0.5) is 0 Å². The van der Waals surface area contributed by atoms with Crippen molar-refractivity contribution in [1.29, 1.82) is 0 Å². The molecule has 0 spiro atoms. The van der Waals surface area contributed by atoms with Gasteiger partial charge in [0, 0.05) is 23.6 Å². The summed E-state index contributed by atoms with van der Waals surface area (Å²) in [5.41, 5.74) is 1.30. The fourth-order valence-corrected chi connectivity index (χ4v) is 2.27. The Morgan fingerprint density at radius 2 is 2.11 bits per heavy atom. The summed E-state index contributed by atoms with van der Waals surface area (Å²) in [4.78, 5) is 0. The molecule has 19 heavy (non-hydrogen) atoms. The summed E-state index contributed by atoms with van der Waals surface area (Å²) in [6, 6.07) is 8.54. The van der Waals surface area contributed by atoms with Gasteiger partial charge in [0.1, 0.15) is 5.75 Å². The van der Waals surface area contributed by atoms with Crippen molar-refractivity contribution in [3.63, 3.8) is 0 Å². The lowest BCUT2D eigenvalue weighted by molar-refractivity contribution is 0.318. The van der Waals surface area contributed by atoms with Gasteiger partial charge in [-0.3, -0.25) is 0 Å². The van der Waals surface area contributed by atoms with Crippen LogP contribution in [0.15, 0.2) is 30.5 Å². The van der Waals surface area contributed by atoms with E-state index in [4.69, 9.17) is 4.74 Å². The van der Waals surface area contributed by atoms with Gasteiger partial charge in [0.2, 0.25) is 0 Å². The van der Waals surface area contributed by atoms with Gasteiger partial charge in [-0.2, -0.15) is 0 Å². The van der Waals surface area contributed by atoms with Crippen LogP contribution in [-0.4, -0.2) is 24.8 Å². The lowest BCUT2D eigenvalue weighted by Crippen LogP contribution is -2.08. The molecule has 0 atom stereocenters. The first kappa shape index (κ1) is 13.9. The molecule has 104 valence electrons. The molecule has 0 radical (unpaired) electrons. The first-order chi connectivity index (χ1) is 9.35. The number of nitrogens with zero attached hydrogens (tertiary/aromatic N) is 1. The predicted octanol–water partition coefficient (Wildman–Crippen LogP) is 3.43. The number of ether oxygens (including phenoxy) is 1. The zero-order valence-electron chi connectivity index (χ0n) is 12.0. The third-order valence-corrected chi connectivity index (χ3v) is 3.29. The molecule has 1 aromatic carbocycles. The Labute approximate surface area is 115 Å². The first-order valence-corrected chi connectivity index (χ1v) is 7.21. The number of hydrogen-bond acceptors (Lipinski definition) is 2. The van der Waals surface area contributed by atoms with Crippen LogP contribution in [0.5, 0.6) is 5.75 Å². The topological polar surface area (TPSA) is 26.2 Å². The largest absolute Gasteiger partial charge is 0.494 e. The van der Waals surface area contributed by atoms with E-state index < -0.39 is 0 Å². The zero-order chi connectivity index (χ0) is 13.5. The number of unbranched alkanes of at least 4 members (excludes halogenated alkanes) is 1. The van der Waals surface area contributed by atoms with Gasteiger partial charge in [-0.15, -0.1) is 0 Å². The second-order valence-corrected chi connectivity index (χ2v) is 4.89. The van der Waals surface area contributed by atoms with Crippen LogP contribution in [0.3, 0.4) is 0 Å². The minimum atomic E-state index is 0.788. The molecule has 0 saturated heterocycles. The summed E-state index contributed by atoms with van der Waals surface area (Å²) in [5, 5.41) is 4.45. The third-order valence-electron chi connectivity index (χ3n) is 3.29. The van der Waals surface area contributed by atoms with Crippen molar-refractivity contribution in [3.05, 3.63) is 30.5 Å². The number of aryl methyl sites for hydroxylation is 1. The minimum absolute atomic E-state index is 0.788. The Morgan fingerprint density at radius 3 is 2.89 bits per heavy atom. The SMILES string of the molecule is CCCOc1ccc2c(ccn2CCCCNC)c1. The van der Waals surface area contributed by atoms with Crippen molar-refractivity contribution in [3.8, 4) is 5.75 Å². The summed E-state index contributed by atoms with van der Waals surface area (Å²) in [6.07, 6.45) is 5.64. The van der Waals surface area contributed by atoms with Crippen LogP contribution >= 0.6 is 0 Å². The summed E-state index contributed by atoms with van der Waals surface area (Å²) in [5.74, 6) is 0.974. The Balaban J connectivity index is 2.02. The maximum atomic E-state index is 5.67. The van der Waals surface area contributed by atoms with E-state index in [9.17, 15) is 0 Å². The van der Waals surface area contributed by atoms with Gasteiger partial charge < -0.3 is 14.6 Å². The zero-order valence-corrected chi connectivity index (χ0v) is 12.0. The summed E-state index contributed by atoms with van der Waals surface area (Å²) < 4.78 is 8.00. The van der Waals surface area contributed by atoms with E-state index in [1.807, 2.05) is 7.05 Å². The average Bonchev–Trinajstić information content (AvgIpc) is 2.84. The lowest BCUT2D eigenvalue weighted by atomic mass is 10.2. The number of nitrogens with one attached hydrogen (secondary N) is 1. The second kappa shape index (κ2) is 7.19. The Hall–Kier alpha value is -1.48. The molecule has 0 aliphatic rings. The van der Waals surface area contributed by atoms with Crippen molar-refractivity contribution in [2.75, 3.05) is 20.2 Å². The fourth-order valence-electron chi connectivity index (χ4n) is 2.27. The Bertz CT molecular complexity index is 504. The number of fused-ring (bicyclic) bond motifs is 1. The molecule has 0 unspecified atom stereocenters. The highest BCUT2D eigenvalue weighted by Gasteiger charge is 2.02. The standard InChI is InChI=1S/C16H24N2O/c1-3-12-19-15-6-7-16-14(13-15)8-11-18(16)10-5-4-9-17-2/h6-8,11,13,17H,3-5,9-10,12H2,1-2H3. The molecule has 0 aliphatic heterocycles. The normalized spacial score (nSPS) is 11.1. The number of benzene rings is 1. The highest BCUT2D eigenvalue weighted by Crippen LogP contribution is 2.22. The maximum Gasteiger partial charge on any atom is 0.120 e. The van der Waals surface area contributed by atoms with Gasteiger partial charge in [-0.05, 0) is 57.1 Å². The molecule has 0 saturated carbocycles. The lowest BCUT2D eigenvalue weighted by Gasteiger charge is -2.07. The van der Waals surface area contributed by atoms with Gasteiger partial charge in [0.05, 0.1) is 6.61 Å². The first-order valence-electron chi connectivity index (χ1n) is 7.21. The highest BCUT2D eigenvalue weighted by atomic mass is 16.5. The molecule has 0 aliphatic carbocycles. The monoisotopic (exact) mass is 260 g/mol. The van der Waals surface area contributed by atoms with E-state index in [0.29, 0.717) is 0 Å². The van der Waals surface area contributed by atoms with Crippen molar-refractivity contribution in [1.82, 2.24) is 9.88 Å². The quantitative estimate of drug-likeness (QED) is 0.736. The number of rotatable bonds is 8. The van der Waals surface area contributed by atoms with Crippen LogP contribution < -0.4 is 10.1 Å². The van der Waals surface area contributed by atoms with Crippen LogP contribution in [-0.2, 0) is 6.54 Å². The maximum absolute atomic E-state index is 5.67. The predicted molar refractivity (Wildman–Crippen MR) is 80.9 cm³/mol. The van der Waals surface area contributed by atoms with Gasteiger partial charge in [-0.25, -0.2) is 0 Å². The molecule has 1 N–H and O–H groups in total. The molecule has 1 heterocycles. The van der Waals surface area contributed by atoms with E-state index in [1.54, 1.807) is 0 Å². The molecular formula is C16H24N2O. The molecule has 3 heteroatoms. The van der Waals surface area contributed by atoms with Crippen LogP contribution in [0.2, 0.25) is 0 Å². The Kier molecular flexibility index (Phi) is 5.28. The van der Waals surface area contributed by atoms with Crippen molar-refractivity contribution < 1.29 is 4.74 Å². The van der Waals surface area contributed by atoms with Crippen molar-refractivity contribution >= 4 is 10.9 Å². The summed E-state index contributed by atoms with van der Waals surface area (Å²) in [7, 11) is 2.00. The van der Waals surface area contributed by atoms with Gasteiger partial charge in [0.25, 0.3) is 0 Å². The van der Waals surface area contributed by atoms with E-state index in [0.717, 1.165) is 31.9 Å². The summed E-state index contributed by atoms with van der Waals surface area (Å²) in [6.45, 7) is 5.09. The Morgan fingerprint density at radius 1 is 1.21 bits per heavy atom. The molecule has 0 amide bonds. The molecule has 2 rings (SSSR count). The molecule has 0 fully saturated rings. The summed E-state index contributed by atoms with van der Waals surface area (Å²) >= 11 is 0. The van der Waals surface area contributed by atoms with E-state index in [1.165, 1.54) is 23.7 Å². The van der Waals surface area contributed by atoms with Crippen LogP contribution in [0.25, 0.3) is 10.9 Å².